The van der Waals surface area contributed by atoms with Crippen molar-refractivity contribution in [3.05, 3.63) is 24.7 Å². The number of hydrogen-bond acceptors (Lipinski definition) is 5. The summed E-state index contributed by atoms with van der Waals surface area (Å²) in [5.41, 5.74) is 0.589. The van der Waals surface area contributed by atoms with Crippen molar-refractivity contribution >= 4 is 15.5 Å². The number of ether oxygens (including phenoxy) is 1. The number of fused-ring (bicyclic) bond motifs is 1. The molecule has 7 heteroatoms. The SMILES string of the molecule is CC(C)(C)S(=O)(=O)c1cn2ccnc2cc1OCCO. The summed E-state index contributed by atoms with van der Waals surface area (Å²) in [6, 6.07) is 1.56. The van der Waals surface area contributed by atoms with Gasteiger partial charge < -0.3 is 14.2 Å². The minimum absolute atomic E-state index is 0.0313. The van der Waals surface area contributed by atoms with Gasteiger partial charge in [-0.3, -0.25) is 0 Å². The maximum atomic E-state index is 12.6. The lowest BCUT2D eigenvalue weighted by Gasteiger charge is -2.21. The number of pyridine rings is 1. The van der Waals surface area contributed by atoms with E-state index in [0.29, 0.717) is 5.65 Å². The first-order valence-electron chi connectivity index (χ1n) is 6.22. The minimum Gasteiger partial charge on any atom is -0.490 e. The van der Waals surface area contributed by atoms with Crippen LogP contribution in [-0.4, -0.2) is 40.9 Å². The molecular formula is C13H18N2O4S. The molecule has 2 heterocycles. The molecule has 0 amide bonds. The third-order valence-corrected chi connectivity index (χ3v) is 5.40. The first-order chi connectivity index (χ1) is 9.27. The van der Waals surface area contributed by atoms with Gasteiger partial charge in [0.2, 0.25) is 0 Å². The molecule has 0 aliphatic rings. The van der Waals surface area contributed by atoms with Crippen molar-refractivity contribution in [3.8, 4) is 5.75 Å². The predicted molar refractivity (Wildman–Crippen MR) is 74.7 cm³/mol. The van der Waals surface area contributed by atoms with Gasteiger partial charge in [-0.25, -0.2) is 13.4 Å². The van der Waals surface area contributed by atoms with Crippen molar-refractivity contribution in [2.45, 2.75) is 30.4 Å². The van der Waals surface area contributed by atoms with Crippen LogP contribution in [-0.2, 0) is 9.84 Å². The molecule has 2 aromatic heterocycles. The zero-order valence-electron chi connectivity index (χ0n) is 11.7. The van der Waals surface area contributed by atoms with Crippen LogP contribution < -0.4 is 4.74 Å². The van der Waals surface area contributed by atoms with Crippen LogP contribution in [0.3, 0.4) is 0 Å². The van der Waals surface area contributed by atoms with E-state index in [-0.39, 0.29) is 23.9 Å². The van der Waals surface area contributed by atoms with Gasteiger partial charge in [-0.1, -0.05) is 0 Å². The zero-order chi connectivity index (χ0) is 15.0. The topological polar surface area (TPSA) is 80.9 Å². The Hall–Kier alpha value is -1.60. The number of imidazole rings is 1. The van der Waals surface area contributed by atoms with Crippen molar-refractivity contribution in [3.63, 3.8) is 0 Å². The minimum atomic E-state index is -3.56. The van der Waals surface area contributed by atoms with Crippen LogP contribution in [0.1, 0.15) is 20.8 Å². The third kappa shape index (κ3) is 2.51. The monoisotopic (exact) mass is 298 g/mol. The molecule has 0 aromatic carbocycles. The molecule has 2 aromatic rings. The summed E-state index contributed by atoms with van der Waals surface area (Å²) >= 11 is 0. The Morgan fingerprint density at radius 3 is 2.70 bits per heavy atom. The summed E-state index contributed by atoms with van der Waals surface area (Å²) in [6.07, 6.45) is 4.75. The third-order valence-electron chi connectivity index (χ3n) is 2.90. The van der Waals surface area contributed by atoms with Crippen LogP contribution in [0, 0.1) is 0 Å². The number of nitrogens with zero attached hydrogens (tertiary/aromatic N) is 2. The molecule has 0 atom stereocenters. The maximum absolute atomic E-state index is 12.6. The average Bonchev–Trinajstić information content (AvgIpc) is 2.80. The number of rotatable bonds is 4. The molecule has 20 heavy (non-hydrogen) atoms. The van der Waals surface area contributed by atoms with Gasteiger partial charge in [-0.05, 0) is 20.8 Å². The summed E-state index contributed by atoms with van der Waals surface area (Å²) in [5, 5.41) is 8.86. The lowest BCUT2D eigenvalue weighted by atomic mass is 10.3. The maximum Gasteiger partial charge on any atom is 0.188 e. The van der Waals surface area contributed by atoms with Crippen LogP contribution in [0.15, 0.2) is 29.6 Å². The van der Waals surface area contributed by atoms with Gasteiger partial charge in [0, 0.05) is 24.7 Å². The number of aliphatic hydroxyl groups excluding tert-OH is 1. The molecule has 0 saturated heterocycles. The Morgan fingerprint density at radius 2 is 2.10 bits per heavy atom. The Morgan fingerprint density at radius 1 is 1.40 bits per heavy atom. The highest BCUT2D eigenvalue weighted by Gasteiger charge is 2.34. The van der Waals surface area contributed by atoms with E-state index in [2.05, 4.69) is 4.98 Å². The average molecular weight is 298 g/mol. The Labute approximate surface area is 117 Å². The van der Waals surface area contributed by atoms with E-state index < -0.39 is 14.6 Å². The molecule has 1 N–H and O–H groups in total. The molecule has 2 rings (SSSR count). The van der Waals surface area contributed by atoms with Gasteiger partial charge in [0.05, 0.1) is 11.4 Å². The van der Waals surface area contributed by atoms with Gasteiger partial charge in [-0.2, -0.15) is 0 Å². The second kappa shape index (κ2) is 5.06. The highest BCUT2D eigenvalue weighted by molar-refractivity contribution is 7.92. The summed E-state index contributed by atoms with van der Waals surface area (Å²) in [5.74, 6) is 0.215. The highest BCUT2D eigenvalue weighted by atomic mass is 32.2. The van der Waals surface area contributed by atoms with Gasteiger partial charge in [-0.15, -0.1) is 0 Å². The molecule has 0 radical (unpaired) electrons. The fraction of sp³-hybridized carbons (Fsp3) is 0.462. The quantitative estimate of drug-likeness (QED) is 0.919. The lowest BCUT2D eigenvalue weighted by molar-refractivity contribution is 0.198. The smallest absolute Gasteiger partial charge is 0.188 e. The van der Waals surface area contributed by atoms with E-state index in [1.807, 2.05) is 0 Å². The Balaban J connectivity index is 2.65. The summed E-state index contributed by atoms with van der Waals surface area (Å²) in [4.78, 5) is 4.20. The molecular weight excluding hydrogens is 280 g/mol. The van der Waals surface area contributed by atoms with Crippen LogP contribution in [0.2, 0.25) is 0 Å². The normalized spacial score (nSPS) is 12.8. The molecule has 0 bridgehead atoms. The predicted octanol–water partition coefficient (Wildman–Crippen LogP) is 1.28. The Bertz CT molecular complexity index is 714. The van der Waals surface area contributed by atoms with E-state index in [0.717, 1.165) is 0 Å². The highest BCUT2D eigenvalue weighted by Crippen LogP contribution is 2.32. The second-order valence-corrected chi connectivity index (χ2v) is 8.05. The molecule has 0 fully saturated rings. The molecule has 0 spiro atoms. The summed E-state index contributed by atoms with van der Waals surface area (Å²) in [6.45, 7) is 4.75. The summed E-state index contributed by atoms with van der Waals surface area (Å²) in [7, 11) is -3.56. The van der Waals surface area contributed by atoms with E-state index in [1.165, 1.54) is 6.20 Å². The number of aromatic nitrogens is 2. The molecule has 0 aliphatic heterocycles. The standard InChI is InChI=1S/C13H18N2O4S/c1-13(2,3)20(17,18)11-9-15-5-4-14-12(15)8-10(11)19-7-6-16/h4-5,8-9,16H,6-7H2,1-3H3. The zero-order valence-corrected chi connectivity index (χ0v) is 12.5. The van der Waals surface area contributed by atoms with Crippen LogP contribution in [0.25, 0.3) is 5.65 Å². The van der Waals surface area contributed by atoms with Gasteiger partial charge in [0.1, 0.15) is 22.9 Å². The first kappa shape index (κ1) is 14.8. The van der Waals surface area contributed by atoms with E-state index in [4.69, 9.17) is 9.84 Å². The Kier molecular flexibility index (Phi) is 3.75. The van der Waals surface area contributed by atoms with E-state index in [1.54, 1.807) is 43.6 Å². The molecule has 0 unspecified atom stereocenters. The largest absolute Gasteiger partial charge is 0.490 e. The number of hydrogen-bond donors (Lipinski definition) is 1. The van der Waals surface area contributed by atoms with Gasteiger partial charge in [0.15, 0.2) is 9.84 Å². The van der Waals surface area contributed by atoms with E-state index in [9.17, 15) is 8.42 Å². The van der Waals surface area contributed by atoms with Gasteiger partial charge in [0.25, 0.3) is 0 Å². The van der Waals surface area contributed by atoms with Crippen LogP contribution in [0.4, 0.5) is 0 Å². The molecule has 0 aliphatic carbocycles. The van der Waals surface area contributed by atoms with Crippen molar-refractivity contribution in [2.24, 2.45) is 0 Å². The van der Waals surface area contributed by atoms with Crippen molar-refractivity contribution in [1.82, 2.24) is 9.38 Å². The second-order valence-electron chi connectivity index (χ2n) is 5.38. The van der Waals surface area contributed by atoms with Crippen molar-refractivity contribution in [2.75, 3.05) is 13.2 Å². The summed E-state index contributed by atoms with van der Waals surface area (Å²) < 4.78 is 31.3. The molecule has 110 valence electrons. The van der Waals surface area contributed by atoms with Crippen LogP contribution >= 0.6 is 0 Å². The van der Waals surface area contributed by atoms with Crippen LogP contribution in [0.5, 0.6) is 5.75 Å². The molecule has 0 saturated carbocycles. The van der Waals surface area contributed by atoms with Crippen molar-refractivity contribution in [1.29, 1.82) is 0 Å². The number of sulfone groups is 1. The van der Waals surface area contributed by atoms with Gasteiger partial charge >= 0.3 is 0 Å². The molecule has 6 nitrogen and oxygen atoms in total. The fourth-order valence-electron chi connectivity index (χ4n) is 1.72. The fourth-order valence-corrected chi connectivity index (χ4v) is 3.02. The van der Waals surface area contributed by atoms with E-state index >= 15 is 0 Å². The first-order valence-corrected chi connectivity index (χ1v) is 7.70. The number of aliphatic hydroxyl groups is 1. The van der Waals surface area contributed by atoms with Crippen molar-refractivity contribution < 1.29 is 18.3 Å². The lowest BCUT2D eigenvalue weighted by Crippen LogP contribution is -2.28.